The van der Waals surface area contributed by atoms with Crippen molar-refractivity contribution < 1.29 is 4.74 Å². The van der Waals surface area contributed by atoms with Crippen LogP contribution in [0, 0.1) is 6.92 Å². The molecular formula is C10H17N3O. The van der Waals surface area contributed by atoms with E-state index in [0.717, 1.165) is 17.0 Å². The molecule has 0 unspecified atom stereocenters. The normalized spacial score (nSPS) is 10.0. The number of anilines is 1. The van der Waals surface area contributed by atoms with Gasteiger partial charge >= 0.3 is 0 Å². The molecule has 0 atom stereocenters. The van der Waals surface area contributed by atoms with E-state index in [4.69, 9.17) is 10.6 Å². The summed E-state index contributed by atoms with van der Waals surface area (Å²) >= 11 is 0. The maximum Gasteiger partial charge on any atom is 0.121 e. The first-order chi connectivity index (χ1) is 6.69. The van der Waals surface area contributed by atoms with Crippen molar-refractivity contribution in [3.05, 3.63) is 23.8 Å². The van der Waals surface area contributed by atoms with E-state index in [-0.39, 0.29) is 0 Å². The molecule has 0 aliphatic heterocycles. The summed E-state index contributed by atoms with van der Waals surface area (Å²) in [6, 6.07) is 6.02. The van der Waals surface area contributed by atoms with Crippen LogP contribution in [0.5, 0.6) is 5.75 Å². The average Bonchev–Trinajstić information content (AvgIpc) is 2.18. The van der Waals surface area contributed by atoms with E-state index in [9.17, 15) is 0 Å². The zero-order chi connectivity index (χ0) is 10.6. The maximum atomic E-state index is 5.24. The fourth-order valence-electron chi connectivity index (χ4n) is 1.33. The Morgan fingerprint density at radius 2 is 2.21 bits per heavy atom. The van der Waals surface area contributed by atoms with Gasteiger partial charge in [-0.2, -0.15) is 0 Å². The second kappa shape index (κ2) is 4.83. The summed E-state index contributed by atoms with van der Waals surface area (Å²) in [4.78, 5) is 2.02. The van der Waals surface area contributed by atoms with Crippen molar-refractivity contribution in [3.8, 4) is 5.75 Å². The Labute approximate surface area is 84.6 Å². The summed E-state index contributed by atoms with van der Waals surface area (Å²) < 4.78 is 5.18. The molecule has 1 aromatic rings. The van der Waals surface area contributed by atoms with Crippen LogP contribution >= 0.6 is 0 Å². The van der Waals surface area contributed by atoms with Crippen molar-refractivity contribution in [2.45, 2.75) is 6.92 Å². The number of nitrogens with two attached hydrogens (primary N) is 1. The molecule has 0 heterocycles. The van der Waals surface area contributed by atoms with E-state index in [1.807, 2.05) is 31.0 Å². The molecule has 0 aliphatic rings. The SMILES string of the molecule is COc1ccc(N(C)CNN)cc1C. The fourth-order valence-corrected chi connectivity index (χ4v) is 1.33. The van der Waals surface area contributed by atoms with Crippen molar-refractivity contribution in [1.29, 1.82) is 0 Å². The summed E-state index contributed by atoms with van der Waals surface area (Å²) in [5, 5.41) is 0. The van der Waals surface area contributed by atoms with Crippen LogP contribution in [0.25, 0.3) is 0 Å². The van der Waals surface area contributed by atoms with Crippen LogP contribution in [0.15, 0.2) is 18.2 Å². The Morgan fingerprint density at radius 3 is 2.71 bits per heavy atom. The third kappa shape index (κ3) is 2.37. The van der Waals surface area contributed by atoms with E-state index in [1.165, 1.54) is 0 Å². The van der Waals surface area contributed by atoms with Crippen LogP contribution in [0.4, 0.5) is 5.69 Å². The van der Waals surface area contributed by atoms with Gasteiger partial charge in [-0.25, -0.2) is 5.43 Å². The lowest BCUT2D eigenvalue weighted by atomic mass is 10.2. The fraction of sp³-hybridized carbons (Fsp3) is 0.400. The van der Waals surface area contributed by atoms with Crippen LogP contribution in [0.2, 0.25) is 0 Å². The van der Waals surface area contributed by atoms with Crippen LogP contribution in [0.3, 0.4) is 0 Å². The second-order valence-corrected chi connectivity index (χ2v) is 3.21. The van der Waals surface area contributed by atoms with Gasteiger partial charge in [-0.3, -0.25) is 5.84 Å². The van der Waals surface area contributed by atoms with Crippen molar-refractivity contribution >= 4 is 5.69 Å². The number of hydrogen-bond donors (Lipinski definition) is 2. The minimum atomic E-state index is 0.617. The molecule has 0 fully saturated rings. The summed E-state index contributed by atoms with van der Waals surface area (Å²) in [5.41, 5.74) is 4.84. The molecule has 0 spiro atoms. The third-order valence-corrected chi connectivity index (χ3v) is 2.15. The Kier molecular flexibility index (Phi) is 3.73. The van der Waals surface area contributed by atoms with Gasteiger partial charge in [-0.15, -0.1) is 0 Å². The predicted molar refractivity (Wildman–Crippen MR) is 58.3 cm³/mol. The van der Waals surface area contributed by atoms with Gasteiger partial charge in [0.15, 0.2) is 0 Å². The van der Waals surface area contributed by atoms with Gasteiger partial charge in [0.25, 0.3) is 0 Å². The standard InChI is InChI=1S/C10H17N3O/c1-8-6-9(13(2)7-12-11)4-5-10(8)14-3/h4-6,12H,7,11H2,1-3H3. The molecule has 4 nitrogen and oxygen atoms in total. The quantitative estimate of drug-likeness (QED) is 0.425. The minimum absolute atomic E-state index is 0.617. The molecule has 0 amide bonds. The van der Waals surface area contributed by atoms with E-state index in [0.29, 0.717) is 6.67 Å². The topological polar surface area (TPSA) is 50.5 Å². The highest BCUT2D eigenvalue weighted by Crippen LogP contribution is 2.22. The molecule has 0 saturated carbocycles. The summed E-state index contributed by atoms with van der Waals surface area (Å²) in [6.07, 6.45) is 0. The molecule has 0 aliphatic carbocycles. The molecule has 0 saturated heterocycles. The van der Waals surface area contributed by atoms with Crippen molar-refractivity contribution in [1.82, 2.24) is 5.43 Å². The zero-order valence-electron chi connectivity index (χ0n) is 8.87. The number of hydrogen-bond acceptors (Lipinski definition) is 4. The first-order valence-corrected chi connectivity index (χ1v) is 4.48. The van der Waals surface area contributed by atoms with Gasteiger partial charge in [0.05, 0.1) is 13.8 Å². The second-order valence-electron chi connectivity index (χ2n) is 3.21. The van der Waals surface area contributed by atoms with Gasteiger partial charge in [0.1, 0.15) is 5.75 Å². The molecule has 0 radical (unpaired) electrons. The highest BCUT2D eigenvalue weighted by atomic mass is 16.5. The van der Waals surface area contributed by atoms with E-state index < -0.39 is 0 Å². The minimum Gasteiger partial charge on any atom is -0.496 e. The third-order valence-electron chi connectivity index (χ3n) is 2.15. The largest absolute Gasteiger partial charge is 0.496 e. The van der Waals surface area contributed by atoms with Crippen LogP contribution in [-0.4, -0.2) is 20.8 Å². The number of rotatable bonds is 4. The van der Waals surface area contributed by atoms with Gasteiger partial charge in [0.2, 0.25) is 0 Å². The van der Waals surface area contributed by atoms with E-state index in [1.54, 1.807) is 7.11 Å². The molecule has 0 bridgehead atoms. The molecule has 4 heteroatoms. The van der Waals surface area contributed by atoms with Crippen LogP contribution < -0.4 is 20.9 Å². The zero-order valence-corrected chi connectivity index (χ0v) is 8.87. The Morgan fingerprint density at radius 1 is 1.50 bits per heavy atom. The lowest BCUT2D eigenvalue weighted by Gasteiger charge is -2.19. The van der Waals surface area contributed by atoms with Gasteiger partial charge in [-0.1, -0.05) is 0 Å². The van der Waals surface area contributed by atoms with Gasteiger partial charge in [0, 0.05) is 12.7 Å². The predicted octanol–water partition coefficient (Wildman–Crippen LogP) is 0.861. The maximum absolute atomic E-state index is 5.24. The molecule has 3 N–H and O–H groups in total. The lowest BCUT2D eigenvalue weighted by Crippen LogP contribution is -2.35. The first kappa shape index (κ1) is 10.8. The number of methoxy groups -OCH3 is 1. The molecule has 0 aromatic heterocycles. The Hall–Kier alpha value is -1.26. The van der Waals surface area contributed by atoms with Crippen molar-refractivity contribution in [2.24, 2.45) is 5.84 Å². The summed E-state index contributed by atoms with van der Waals surface area (Å²) in [7, 11) is 3.65. The van der Waals surface area contributed by atoms with Gasteiger partial charge in [-0.05, 0) is 30.7 Å². The number of ether oxygens (including phenoxy) is 1. The monoisotopic (exact) mass is 195 g/mol. The Balaban J connectivity index is 2.85. The van der Waals surface area contributed by atoms with Crippen molar-refractivity contribution in [3.63, 3.8) is 0 Å². The van der Waals surface area contributed by atoms with E-state index in [2.05, 4.69) is 11.5 Å². The number of hydrazine groups is 1. The van der Waals surface area contributed by atoms with E-state index >= 15 is 0 Å². The first-order valence-electron chi connectivity index (χ1n) is 4.48. The Bertz CT molecular complexity index is 301. The summed E-state index contributed by atoms with van der Waals surface area (Å²) in [6.45, 7) is 2.64. The van der Waals surface area contributed by atoms with Crippen LogP contribution in [0.1, 0.15) is 5.56 Å². The number of nitrogens with zero attached hydrogens (tertiary/aromatic N) is 1. The van der Waals surface area contributed by atoms with Crippen LogP contribution in [-0.2, 0) is 0 Å². The number of benzene rings is 1. The number of nitrogens with one attached hydrogen (secondary N) is 1. The highest BCUT2D eigenvalue weighted by molar-refractivity contribution is 5.52. The molecular weight excluding hydrogens is 178 g/mol. The highest BCUT2D eigenvalue weighted by Gasteiger charge is 2.02. The smallest absolute Gasteiger partial charge is 0.121 e. The lowest BCUT2D eigenvalue weighted by molar-refractivity contribution is 0.411. The number of aryl methyl sites for hydroxylation is 1. The summed E-state index contributed by atoms with van der Waals surface area (Å²) in [5.74, 6) is 6.15. The van der Waals surface area contributed by atoms with Crippen molar-refractivity contribution in [2.75, 3.05) is 25.7 Å². The molecule has 78 valence electrons. The molecule has 1 aromatic carbocycles. The molecule has 1 rings (SSSR count). The average molecular weight is 195 g/mol. The molecule has 14 heavy (non-hydrogen) atoms. The van der Waals surface area contributed by atoms with Gasteiger partial charge < -0.3 is 9.64 Å².